The van der Waals surface area contributed by atoms with Crippen LogP contribution in [0, 0.1) is 0 Å². The van der Waals surface area contributed by atoms with E-state index in [1.807, 2.05) is 0 Å². The molecule has 1 heterocycles. The third-order valence-electron chi connectivity index (χ3n) is 7.15. The Kier molecular flexibility index (Phi) is 5.49. The number of hydrogen-bond donors (Lipinski definition) is 0. The molecule has 0 saturated carbocycles. The van der Waals surface area contributed by atoms with Crippen molar-refractivity contribution in [2.45, 2.75) is 0 Å². The minimum Gasteiger partial charge on any atom is -0.310 e. The Labute approximate surface area is 222 Å². The van der Waals surface area contributed by atoms with Gasteiger partial charge in [-0.15, -0.1) is 0 Å². The topological polar surface area (TPSA) is 8.17 Å². The molecule has 0 spiro atoms. The van der Waals surface area contributed by atoms with Crippen molar-refractivity contribution in [1.29, 1.82) is 0 Å². The Balaban J connectivity index is 1.40. The lowest BCUT2D eigenvalue weighted by Crippen LogP contribution is -2.09. The maximum atomic E-state index is 2.37. The van der Waals surface area contributed by atoms with Crippen molar-refractivity contribution in [2.75, 3.05) is 4.90 Å². The largest absolute Gasteiger partial charge is 0.310 e. The number of rotatable bonds is 5. The number of hydrogen-bond acceptors (Lipinski definition) is 1. The van der Waals surface area contributed by atoms with Gasteiger partial charge in [0.15, 0.2) is 0 Å². The molecule has 2 nitrogen and oxygen atoms in total. The zero-order chi connectivity index (χ0) is 25.3. The van der Waals surface area contributed by atoms with Crippen LogP contribution in [0.4, 0.5) is 17.1 Å². The standard InChI is InChI=1S/C36H26N2/c1-4-14-29(15-5-1)37(30-16-6-2-7-17-30)32-20-12-13-27(25-32)28-23-24-34-33-21-10-11-22-35(33)38(36(34)26-28)31-18-8-3-9-19-31/h1-26H. The van der Waals surface area contributed by atoms with Crippen molar-refractivity contribution in [2.24, 2.45) is 0 Å². The lowest BCUT2D eigenvalue weighted by atomic mass is 10.0. The molecule has 0 radical (unpaired) electrons. The van der Waals surface area contributed by atoms with Gasteiger partial charge in [0.1, 0.15) is 0 Å². The monoisotopic (exact) mass is 486 g/mol. The predicted molar refractivity (Wildman–Crippen MR) is 161 cm³/mol. The molecular formula is C36H26N2. The molecule has 0 bridgehead atoms. The molecule has 38 heavy (non-hydrogen) atoms. The first-order valence-electron chi connectivity index (χ1n) is 13.0. The third-order valence-corrected chi connectivity index (χ3v) is 7.15. The van der Waals surface area contributed by atoms with E-state index in [0.717, 1.165) is 17.1 Å². The van der Waals surface area contributed by atoms with Crippen LogP contribution in [0.15, 0.2) is 158 Å². The van der Waals surface area contributed by atoms with Gasteiger partial charge in [-0.3, -0.25) is 0 Å². The average Bonchev–Trinajstić information content (AvgIpc) is 3.33. The molecule has 6 aromatic carbocycles. The summed E-state index contributed by atoms with van der Waals surface area (Å²) in [6.45, 7) is 0. The van der Waals surface area contributed by atoms with E-state index in [1.54, 1.807) is 0 Å². The van der Waals surface area contributed by atoms with E-state index >= 15 is 0 Å². The summed E-state index contributed by atoms with van der Waals surface area (Å²) >= 11 is 0. The van der Waals surface area contributed by atoms with Crippen LogP contribution in [0.3, 0.4) is 0 Å². The van der Waals surface area contributed by atoms with Gasteiger partial charge in [0.25, 0.3) is 0 Å². The molecule has 0 unspecified atom stereocenters. The minimum atomic E-state index is 1.13. The summed E-state index contributed by atoms with van der Waals surface area (Å²) < 4.78 is 2.37. The Morgan fingerprint density at radius 1 is 0.368 bits per heavy atom. The molecule has 0 saturated heterocycles. The van der Waals surface area contributed by atoms with Crippen molar-refractivity contribution in [3.63, 3.8) is 0 Å². The number of nitrogens with zero attached hydrogens (tertiary/aromatic N) is 2. The van der Waals surface area contributed by atoms with E-state index in [9.17, 15) is 0 Å². The number of fused-ring (bicyclic) bond motifs is 3. The highest BCUT2D eigenvalue weighted by molar-refractivity contribution is 6.10. The first-order valence-corrected chi connectivity index (χ1v) is 13.0. The normalized spacial score (nSPS) is 11.2. The quantitative estimate of drug-likeness (QED) is 0.235. The van der Waals surface area contributed by atoms with E-state index in [1.165, 1.54) is 38.6 Å². The van der Waals surface area contributed by atoms with Crippen LogP contribution in [0.1, 0.15) is 0 Å². The fourth-order valence-electron chi connectivity index (χ4n) is 5.43. The van der Waals surface area contributed by atoms with Gasteiger partial charge < -0.3 is 9.47 Å². The second-order valence-corrected chi connectivity index (χ2v) is 9.48. The van der Waals surface area contributed by atoms with Gasteiger partial charge >= 0.3 is 0 Å². The summed E-state index contributed by atoms with van der Waals surface area (Å²) in [4.78, 5) is 2.31. The van der Waals surface area contributed by atoms with Crippen LogP contribution < -0.4 is 4.90 Å². The van der Waals surface area contributed by atoms with Crippen LogP contribution in [0.25, 0.3) is 38.6 Å². The van der Waals surface area contributed by atoms with Crippen LogP contribution >= 0.6 is 0 Å². The summed E-state index contributed by atoms with van der Waals surface area (Å²) in [6.07, 6.45) is 0. The first kappa shape index (κ1) is 22.1. The Morgan fingerprint density at radius 3 is 1.63 bits per heavy atom. The second kappa shape index (κ2) is 9.42. The number of benzene rings is 6. The van der Waals surface area contributed by atoms with Crippen molar-refractivity contribution in [1.82, 2.24) is 4.57 Å². The maximum absolute atomic E-state index is 2.37. The SMILES string of the molecule is c1ccc(N(c2ccccc2)c2cccc(-c3ccc4c5ccccc5n(-c5ccccc5)c4c3)c2)cc1. The van der Waals surface area contributed by atoms with E-state index in [0.29, 0.717) is 0 Å². The number of aromatic nitrogens is 1. The van der Waals surface area contributed by atoms with Gasteiger partial charge in [-0.25, -0.2) is 0 Å². The Hall–Kier alpha value is -5.08. The van der Waals surface area contributed by atoms with Crippen molar-refractivity contribution >= 4 is 38.9 Å². The molecule has 1 aromatic heterocycles. The summed E-state index contributed by atoms with van der Waals surface area (Å²) in [6, 6.07) is 56.1. The summed E-state index contributed by atoms with van der Waals surface area (Å²) in [5, 5.41) is 2.53. The first-order chi connectivity index (χ1) is 18.9. The highest BCUT2D eigenvalue weighted by Crippen LogP contribution is 2.38. The van der Waals surface area contributed by atoms with E-state index in [4.69, 9.17) is 0 Å². The molecule has 0 N–H and O–H groups in total. The molecule has 0 amide bonds. The van der Waals surface area contributed by atoms with Crippen molar-refractivity contribution in [3.8, 4) is 16.8 Å². The van der Waals surface area contributed by atoms with Gasteiger partial charge in [0.05, 0.1) is 11.0 Å². The van der Waals surface area contributed by atoms with Gasteiger partial charge in [0.2, 0.25) is 0 Å². The minimum absolute atomic E-state index is 1.13. The lowest BCUT2D eigenvalue weighted by Gasteiger charge is -2.26. The van der Waals surface area contributed by atoms with Gasteiger partial charge in [-0.05, 0) is 71.8 Å². The van der Waals surface area contributed by atoms with Crippen LogP contribution in [-0.2, 0) is 0 Å². The fraction of sp³-hybridized carbons (Fsp3) is 0. The molecule has 0 aliphatic carbocycles. The van der Waals surface area contributed by atoms with Gasteiger partial charge in [-0.2, -0.15) is 0 Å². The zero-order valence-electron chi connectivity index (χ0n) is 20.9. The highest BCUT2D eigenvalue weighted by atomic mass is 15.1. The summed E-state index contributed by atoms with van der Waals surface area (Å²) in [7, 11) is 0. The second-order valence-electron chi connectivity index (χ2n) is 9.48. The molecule has 2 heteroatoms. The van der Waals surface area contributed by atoms with Crippen molar-refractivity contribution < 1.29 is 0 Å². The van der Waals surface area contributed by atoms with E-state index in [2.05, 4.69) is 167 Å². The smallest absolute Gasteiger partial charge is 0.0547 e. The van der Waals surface area contributed by atoms with Gasteiger partial charge in [0, 0.05) is 33.5 Å². The Bertz CT molecular complexity index is 1810. The predicted octanol–water partition coefficient (Wildman–Crippen LogP) is 9.92. The fourth-order valence-corrected chi connectivity index (χ4v) is 5.43. The molecular weight excluding hydrogens is 460 g/mol. The lowest BCUT2D eigenvalue weighted by molar-refractivity contribution is 1.18. The van der Waals surface area contributed by atoms with E-state index in [-0.39, 0.29) is 0 Å². The third kappa shape index (κ3) is 3.84. The molecule has 0 fully saturated rings. The van der Waals surface area contributed by atoms with Gasteiger partial charge in [-0.1, -0.05) is 97.1 Å². The van der Waals surface area contributed by atoms with E-state index < -0.39 is 0 Å². The average molecular weight is 487 g/mol. The molecule has 0 atom stereocenters. The molecule has 0 aliphatic rings. The van der Waals surface area contributed by atoms with Crippen molar-refractivity contribution in [3.05, 3.63) is 158 Å². The Morgan fingerprint density at radius 2 is 0.921 bits per heavy atom. The molecule has 7 aromatic rings. The number of anilines is 3. The molecule has 0 aliphatic heterocycles. The zero-order valence-corrected chi connectivity index (χ0v) is 20.9. The molecule has 180 valence electrons. The maximum Gasteiger partial charge on any atom is 0.0547 e. The van der Waals surface area contributed by atoms with Crippen LogP contribution in [-0.4, -0.2) is 4.57 Å². The molecule has 7 rings (SSSR count). The van der Waals surface area contributed by atoms with Crippen LogP contribution in [0.5, 0.6) is 0 Å². The summed E-state index contributed by atoms with van der Waals surface area (Å²) in [5.74, 6) is 0. The summed E-state index contributed by atoms with van der Waals surface area (Å²) in [5.41, 5.74) is 9.38. The van der Waals surface area contributed by atoms with Crippen LogP contribution in [0.2, 0.25) is 0 Å². The highest BCUT2D eigenvalue weighted by Gasteiger charge is 2.15. The number of para-hydroxylation sites is 4.